The van der Waals surface area contributed by atoms with Gasteiger partial charge in [0.2, 0.25) is 0 Å². The fourth-order valence-electron chi connectivity index (χ4n) is 1.39. The lowest BCUT2D eigenvalue weighted by Crippen LogP contribution is -2.48. The summed E-state index contributed by atoms with van der Waals surface area (Å²) in [7, 11) is 0. The Morgan fingerprint density at radius 3 is 2.07 bits per heavy atom. The number of nitrogens with two attached hydrogens (primary N) is 1. The second-order valence-corrected chi connectivity index (χ2v) is 4.77. The highest BCUT2D eigenvalue weighted by Gasteiger charge is 2.20. The van der Waals surface area contributed by atoms with Crippen molar-refractivity contribution in [1.82, 2.24) is 5.01 Å². The number of nitrogens with zero attached hydrogens (tertiary/aromatic N) is 1. The van der Waals surface area contributed by atoms with Crippen LogP contribution in [0, 0.1) is 0 Å². The van der Waals surface area contributed by atoms with Crippen LogP contribution < -0.4 is 5.84 Å². The number of hydrogen-bond acceptors (Lipinski definition) is 2. The Morgan fingerprint density at radius 1 is 1.00 bits per heavy atom. The highest BCUT2D eigenvalue weighted by atomic mass is 15.4. The molecule has 0 aliphatic heterocycles. The lowest BCUT2D eigenvalue weighted by molar-refractivity contribution is 0.114. The topological polar surface area (TPSA) is 29.3 Å². The third kappa shape index (κ3) is 5.61. The minimum Gasteiger partial charge on any atom is -0.268 e. The Kier molecular flexibility index (Phi) is 7.20. The summed E-state index contributed by atoms with van der Waals surface area (Å²) in [6, 6.07) is 0. The van der Waals surface area contributed by atoms with E-state index in [2.05, 4.69) is 27.7 Å². The summed E-state index contributed by atoms with van der Waals surface area (Å²) in [6.07, 6.45) is 7.70. The van der Waals surface area contributed by atoms with E-state index in [1.807, 2.05) is 5.01 Å². The molecule has 0 bridgehead atoms. The first-order chi connectivity index (χ1) is 6.54. The Morgan fingerprint density at radius 2 is 1.57 bits per heavy atom. The lowest BCUT2D eigenvalue weighted by atomic mass is 10.0. The van der Waals surface area contributed by atoms with Crippen molar-refractivity contribution in [3.8, 4) is 0 Å². The van der Waals surface area contributed by atoms with Gasteiger partial charge in [0, 0.05) is 12.1 Å². The molecule has 0 aliphatic carbocycles. The van der Waals surface area contributed by atoms with E-state index in [1.54, 1.807) is 0 Å². The summed E-state index contributed by atoms with van der Waals surface area (Å²) in [5.41, 5.74) is 0.157. The van der Waals surface area contributed by atoms with E-state index in [9.17, 15) is 0 Å². The Balaban J connectivity index is 3.48. The van der Waals surface area contributed by atoms with Crippen molar-refractivity contribution in [2.75, 3.05) is 6.54 Å². The largest absolute Gasteiger partial charge is 0.268 e. The van der Waals surface area contributed by atoms with Gasteiger partial charge in [0.05, 0.1) is 0 Å². The maximum atomic E-state index is 6.01. The minimum atomic E-state index is 0.157. The fraction of sp³-hybridized carbons (Fsp3) is 1.00. The molecule has 0 aromatic carbocycles. The maximum Gasteiger partial charge on any atom is 0.0293 e. The zero-order chi connectivity index (χ0) is 11.0. The van der Waals surface area contributed by atoms with Crippen LogP contribution in [-0.4, -0.2) is 17.1 Å². The molecule has 14 heavy (non-hydrogen) atoms. The van der Waals surface area contributed by atoms with Gasteiger partial charge >= 0.3 is 0 Å². The maximum absolute atomic E-state index is 6.01. The van der Waals surface area contributed by atoms with Crippen molar-refractivity contribution in [3.63, 3.8) is 0 Å². The Hall–Kier alpha value is -0.0800. The van der Waals surface area contributed by atoms with Crippen LogP contribution in [0.5, 0.6) is 0 Å². The van der Waals surface area contributed by atoms with Crippen molar-refractivity contribution in [3.05, 3.63) is 0 Å². The normalized spacial score (nSPS) is 12.4. The highest BCUT2D eigenvalue weighted by Crippen LogP contribution is 2.15. The number of unbranched alkanes of at least 4 members (excludes halogenated alkanes) is 4. The van der Waals surface area contributed by atoms with Crippen LogP contribution in [0.4, 0.5) is 0 Å². The van der Waals surface area contributed by atoms with Crippen molar-refractivity contribution < 1.29 is 0 Å². The van der Waals surface area contributed by atoms with E-state index in [0.29, 0.717) is 0 Å². The highest BCUT2D eigenvalue weighted by molar-refractivity contribution is 4.75. The van der Waals surface area contributed by atoms with Crippen molar-refractivity contribution >= 4 is 0 Å². The molecule has 0 saturated heterocycles. The van der Waals surface area contributed by atoms with Gasteiger partial charge in [-0.25, -0.2) is 5.01 Å². The fourth-order valence-corrected chi connectivity index (χ4v) is 1.39. The molecule has 0 fully saturated rings. The Labute approximate surface area is 89.8 Å². The zero-order valence-corrected chi connectivity index (χ0v) is 10.5. The van der Waals surface area contributed by atoms with Gasteiger partial charge < -0.3 is 0 Å². The zero-order valence-electron chi connectivity index (χ0n) is 10.5. The van der Waals surface area contributed by atoms with E-state index in [-0.39, 0.29) is 5.54 Å². The van der Waals surface area contributed by atoms with Crippen molar-refractivity contribution in [2.45, 2.75) is 71.8 Å². The van der Waals surface area contributed by atoms with Crippen LogP contribution in [0.1, 0.15) is 66.2 Å². The summed E-state index contributed by atoms with van der Waals surface area (Å²) < 4.78 is 0. The van der Waals surface area contributed by atoms with E-state index in [4.69, 9.17) is 5.84 Å². The van der Waals surface area contributed by atoms with Crippen LogP contribution >= 0.6 is 0 Å². The first kappa shape index (κ1) is 13.9. The monoisotopic (exact) mass is 200 g/mol. The molecule has 0 aliphatic rings. The SMILES string of the molecule is CCCCCCCN(N)C(C)(C)CC. The molecule has 0 spiro atoms. The Bertz CT molecular complexity index is 132. The van der Waals surface area contributed by atoms with E-state index >= 15 is 0 Å². The molecule has 0 radical (unpaired) electrons. The second kappa shape index (κ2) is 7.24. The molecule has 2 N–H and O–H groups in total. The standard InChI is InChI=1S/C12H28N2/c1-5-7-8-9-10-11-14(13)12(3,4)6-2/h5-11,13H2,1-4H3. The van der Waals surface area contributed by atoms with Gasteiger partial charge in [0.25, 0.3) is 0 Å². The van der Waals surface area contributed by atoms with Crippen LogP contribution in [0.15, 0.2) is 0 Å². The van der Waals surface area contributed by atoms with Gasteiger partial charge in [-0.2, -0.15) is 0 Å². The van der Waals surface area contributed by atoms with Gasteiger partial charge in [-0.05, 0) is 26.7 Å². The summed E-state index contributed by atoms with van der Waals surface area (Å²) >= 11 is 0. The third-order valence-corrected chi connectivity index (χ3v) is 3.15. The summed E-state index contributed by atoms with van der Waals surface area (Å²) in [6.45, 7) is 9.88. The quantitative estimate of drug-likeness (QED) is 0.370. The summed E-state index contributed by atoms with van der Waals surface area (Å²) in [4.78, 5) is 0. The van der Waals surface area contributed by atoms with E-state index in [0.717, 1.165) is 13.0 Å². The molecule has 0 atom stereocenters. The van der Waals surface area contributed by atoms with Crippen LogP contribution in [0.25, 0.3) is 0 Å². The smallest absolute Gasteiger partial charge is 0.0293 e. The molecule has 2 nitrogen and oxygen atoms in total. The first-order valence-corrected chi connectivity index (χ1v) is 6.07. The minimum absolute atomic E-state index is 0.157. The molecule has 2 heteroatoms. The predicted molar refractivity (Wildman–Crippen MR) is 64.0 cm³/mol. The molecular weight excluding hydrogens is 172 g/mol. The lowest BCUT2D eigenvalue weighted by Gasteiger charge is -2.34. The van der Waals surface area contributed by atoms with Gasteiger partial charge in [-0.15, -0.1) is 0 Å². The molecule has 0 rings (SSSR count). The summed E-state index contributed by atoms with van der Waals surface area (Å²) in [5.74, 6) is 6.01. The molecule has 86 valence electrons. The predicted octanol–water partition coefficient (Wildman–Crippen LogP) is 3.32. The molecular formula is C12H28N2. The van der Waals surface area contributed by atoms with Gasteiger partial charge in [-0.1, -0.05) is 39.5 Å². The second-order valence-electron chi connectivity index (χ2n) is 4.77. The first-order valence-electron chi connectivity index (χ1n) is 6.07. The molecule has 0 aromatic rings. The average molecular weight is 200 g/mol. The number of hydrogen-bond donors (Lipinski definition) is 1. The third-order valence-electron chi connectivity index (χ3n) is 3.15. The molecule has 0 amide bonds. The van der Waals surface area contributed by atoms with Gasteiger partial charge in [0.1, 0.15) is 0 Å². The summed E-state index contributed by atoms with van der Waals surface area (Å²) in [5, 5.41) is 2.00. The molecule has 0 unspecified atom stereocenters. The van der Waals surface area contributed by atoms with Crippen LogP contribution in [0.2, 0.25) is 0 Å². The van der Waals surface area contributed by atoms with Gasteiger partial charge in [0.15, 0.2) is 0 Å². The molecule has 0 heterocycles. The molecule has 0 saturated carbocycles. The molecule has 0 aromatic heterocycles. The van der Waals surface area contributed by atoms with E-state index < -0.39 is 0 Å². The van der Waals surface area contributed by atoms with Crippen molar-refractivity contribution in [1.29, 1.82) is 0 Å². The van der Waals surface area contributed by atoms with Crippen LogP contribution in [-0.2, 0) is 0 Å². The van der Waals surface area contributed by atoms with Crippen molar-refractivity contribution in [2.24, 2.45) is 5.84 Å². The number of hydrazine groups is 1. The van der Waals surface area contributed by atoms with Gasteiger partial charge in [-0.3, -0.25) is 5.84 Å². The number of rotatable bonds is 8. The van der Waals surface area contributed by atoms with E-state index in [1.165, 1.54) is 32.1 Å². The van der Waals surface area contributed by atoms with Crippen LogP contribution in [0.3, 0.4) is 0 Å². The average Bonchev–Trinajstić information content (AvgIpc) is 2.17.